The lowest BCUT2D eigenvalue weighted by molar-refractivity contribution is 0.00578. The molecule has 1 N–H and O–H groups in total. The van der Waals surface area contributed by atoms with E-state index < -0.39 is 7.12 Å². The van der Waals surface area contributed by atoms with Gasteiger partial charge >= 0.3 is 7.12 Å². The minimum absolute atomic E-state index is 0.359. The third-order valence-corrected chi connectivity index (χ3v) is 4.17. The molecule has 1 aliphatic heterocycles. The van der Waals surface area contributed by atoms with Crippen molar-refractivity contribution in [3.63, 3.8) is 0 Å². The van der Waals surface area contributed by atoms with Crippen LogP contribution in [-0.2, 0) is 9.31 Å². The average molecular weight is 279 g/mol. The van der Waals surface area contributed by atoms with Crippen LogP contribution in [0.5, 0.6) is 0 Å². The number of nitrogens with one attached hydrogen (secondary N) is 1. The minimum atomic E-state index is -0.448. The highest BCUT2D eigenvalue weighted by molar-refractivity contribution is 6.61. The van der Waals surface area contributed by atoms with Crippen LogP contribution in [0.2, 0.25) is 5.15 Å². The van der Waals surface area contributed by atoms with Crippen LogP contribution >= 0.6 is 11.6 Å². The largest absolute Gasteiger partial charge is 0.514 e. The zero-order chi connectivity index (χ0) is 13.8. The molecule has 19 heavy (non-hydrogen) atoms. The van der Waals surface area contributed by atoms with Gasteiger partial charge in [-0.3, -0.25) is 0 Å². The second-order valence-corrected chi connectivity index (χ2v) is 6.29. The molecular weight excluding hydrogens is 262 g/mol. The van der Waals surface area contributed by atoms with Crippen LogP contribution in [0.1, 0.15) is 27.7 Å². The number of pyridine rings is 1. The van der Waals surface area contributed by atoms with Crippen molar-refractivity contribution in [2.45, 2.75) is 38.9 Å². The van der Waals surface area contributed by atoms with Gasteiger partial charge in [0, 0.05) is 5.39 Å². The van der Waals surface area contributed by atoms with E-state index >= 15 is 0 Å². The van der Waals surface area contributed by atoms with Crippen LogP contribution in [0.3, 0.4) is 0 Å². The smallest absolute Gasteiger partial charge is 0.398 e. The lowest BCUT2D eigenvalue weighted by Crippen LogP contribution is -2.41. The highest BCUT2D eigenvalue weighted by atomic mass is 35.5. The van der Waals surface area contributed by atoms with Crippen LogP contribution in [0.25, 0.3) is 11.0 Å². The number of H-pyrrole nitrogens is 1. The molecule has 0 radical (unpaired) electrons. The fourth-order valence-electron chi connectivity index (χ4n) is 2.08. The minimum Gasteiger partial charge on any atom is -0.398 e. The van der Waals surface area contributed by atoms with Gasteiger partial charge in [0.2, 0.25) is 0 Å². The normalized spacial score (nSPS) is 21.2. The van der Waals surface area contributed by atoms with Gasteiger partial charge in [0.05, 0.1) is 16.8 Å². The SMILES string of the molecule is CC1(C)OB(c2ccc3cc(Cl)[nH]c3n2)OC1(C)C. The lowest BCUT2D eigenvalue weighted by atomic mass is 9.84. The first-order chi connectivity index (χ1) is 8.78. The van der Waals surface area contributed by atoms with Gasteiger partial charge in [-0.2, -0.15) is 0 Å². The zero-order valence-electron chi connectivity index (χ0n) is 11.5. The Hall–Kier alpha value is -1.04. The lowest BCUT2D eigenvalue weighted by Gasteiger charge is -2.32. The van der Waals surface area contributed by atoms with E-state index in [-0.39, 0.29) is 11.2 Å². The number of hydrogen-bond donors (Lipinski definition) is 1. The van der Waals surface area contributed by atoms with Gasteiger partial charge in [-0.25, -0.2) is 4.98 Å². The summed E-state index contributed by atoms with van der Waals surface area (Å²) in [5.41, 5.74) is 0.783. The van der Waals surface area contributed by atoms with Crippen molar-refractivity contribution in [1.29, 1.82) is 0 Å². The molecule has 0 aliphatic carbocycles. The molecule has 0 spiro atoms. The molecule has 6 heteroatoms. The van der Waals surface area contributed by atoms with Gasteiger partial charge in [0.1, 0.15) is 10.8 Å². The van der Waals surface area contributed by atoms with E-state index in [1.807, 2.05) is 45.9 Å². The second kappa shape index (κ2) is 3.98. The van der Waals surface area contributed by atoms with Crippen molar-refractivity contribution in [2.24, 2.45) is 0 Å². The summed E-state index contributed by atoms with van der Waals surface area (Å²) in [7, 11) is -0.448. The molecule has 0 unspecified atom stereocenters. The maximum Gasteiger partial charge on any atom is 0.514 e. The molecule has 1 aliphatic rings. The fraction of sp³-hybridized carbons (Fsp3) is 0.462. The van der Waals surface area contributed by atoms with E-state index in [9.17, 15) is 0 Å². The van der Waals surface area contributed by atoms with Gasteiger partial charge < -0.3 is 14.3 Å². The van der Waals surface area contributed by atoms with Gasteiger partial charge in [-0.1, -0.05) is 11.6 Å². The Bertz CT molecular complexity index is 623. The van der Waals surface area contributed by atoms with Crippen LogP contribution in [-0.4, -0.2) is 28.3 Å². The quantitative estimate of drug-likeness (QED) is 0.815. The number of aromatic amines is 1. The summed E-state index contributed by atoms with van der Waals surface area (Å²) in [5, 5.41) is 1.55. The van der Waals surface area contributed by atoms with E-state index in [4.69, 9.17) is 20.9 Å². The molecule has 0 aromatic carbocycles. The molecule has 3 heterocycles. The first-order valence-electron chi connectivity index (χ1n) is 6.29. The van der Waals surface area contributed by atoms with Crippen molar-refractivity contribution in [1.82, 2.24) is 9.97 Å². The molecule has 0 amide bonds. The van der Waals surface area contributed by atoms with Gasteiger partial charge in [0.25, 0.3) is 0 Å². The number of hydrogen-bond acceptors (Lipinski definition) is 3. The summed E-state index contributed by atoms with van der Waals surface area (Å²) in [6.07, 6.45) is 0. The molecule has 1 saturated heterocycles. The van der Waals surface area contributed by atoms with Crippen LogP contribution < -0.4 is 5.59 Å². The van der Waals surface area contributed by atoms with Crippen LogP contribution in [0.4, 0.5) is 0 Å². The standard InChI is InChI=1S/C13H16BClN2O2/c1-12(2)13(3,4)19-14(18-12)9-6-5-8-7-10(15)17-11(8)16-9/h5-7H,1-4H3,(H,16,17). The first-order valence-corrected chi connectivity index (χ1v) is 6.67. The van der Waals surface area contributed by atoms with Crippen molar-refractivity contribution >= 4 is 35.3 Å². The fourth-order valence-corrected chi connectivity index (χ4v) is 2.29. The molecule has 0 saturated carbocycles. The predicted molar refractivity (Wildman–Crippen MR) is 76.8 cm³/mol. The van der Waals surface area contributed by atoms with E-state index in [2.05, 4.69) is 9.97 Å². The Balaban J connectivity index is 1.97. The van der Waals surface area contributed by atoms with Crippen molar-refractivity contribution in [3.8, 4) is 0 Å². The van der Waals surface area contributed by atoms with E-state index in [0.29, 0.717) is 5.15 Å². The first kappa shape index (κ1) is 13.0. The van der Waals surface area contributed by atoms with Gasteiger partial charge in [-0.05, 0) is 45.9 Å². The highest BCUT2D eigenvalue weighted by Crippen LogP contribution is 2.36. The summed E-state index contributed by atoms with van der Waals surface area (Å²) in [6, 6.07) is 5.72. The summed E-state index contributed by atoms with van der Waals surface area (Å²) in [4.78, 5) is 7.53. The van der Waals surface area contributed by atoms with Crippen molar-refractivity contribution < 1.29 is 9.31 Å². The Morgan fingerprint density at radius 2 is 1.79 bits per heavy atom. The van der Waals surface area contributed by atoms with Crippen LogP contribution in [0, 0.1) is 0 Å². The third-order valence-electron chi connectivity index (χ3n) is 3.96. The summed E-state index contributed by atoms with van der Waals surface area (Å²) in [6.45, 7) is 8.10. The van der Waals surface area contributed by atoms with Crippen molar-refractivity contribution in [3.05, 3.63) is 23.4 Å². The number of nitrogens with zero attached hydrogens (tertiary/aromatic N) is 1. The number of halogens is 1. The Morgan fingerprint density at radius 3 is 2.42 bits per heavy atom. The Labute approximate surface area is 117 Å². The number of aromatic nitrogens is 2. The molecule has 4 nitrogen and oxygen atoms in total. The monoisotopic (exact) mass is 278 g/mol. The number of rotatable bonds is 1. The maximum absolute atomic E-state index is 5.97. The van der Waals surface area contributed by atoms with E-state index in [1.165, 1.54) is 0 Å². The predicted octanol–water partition coefficient (Wildman–Crippen LogP) is 2.52. The molecule has 0 bridgehead atoms. The molecular formula is C13H16BClN2O2. The topological polar surface area (TPSA) is 47.1 Å². The molecule has 1 fully saturated rings. The summed E-state index contributed by atoms with van der Waals surface area (Å²) >= 11 is 5.93. The average Bonchev–Trinajstić information content (AvgIpc) is 2.74. The summed E-state index contributed by atoms with van der Waals surface area (Å²) < 4.78 is 11.9. The van der Waals surface area contributed by atoms with Gasteiger partial charge in [-0.15, -0.1) is 0 Å². The van der Waals surface area contributed by atoms with Crippen LogP contribution in [0.15, 0.2) is 18.2 Å². The molecule has 0 atom stereocenters. The van der Waals surface area contributed by atoms with E-state index in [0.717, 1.165) is 16.6 Å². The molecule has 2 aromatic rings. The maximum atomic E-state index is 5.97. The van der Waals surface area contributed by atoms with E-state index in [1.54, 1.807) is 0 Å². The third kappa shape index (κ3) is 2.06. The highest BCUT2D eigenvalue weighted by Gasteiger charge is 2.52. The molecule has 3 rings (SSSR count). The number of fused-ring (bicyclic) bond motifs is 1. The Kier molecular flexibility index (Phi) is 2.72. The van der Waals surface area contributed by atoms with Crippen molar-refractivity contribution in [2.75, 3.05) is 0 Å². The molecule has 2 aromatic heterocycles. The zero-order valence-corrected chi connectivity index (χ0v) is 12.2. The molecule has 100 valence electrons. The Morgan fingerprint density at radius 1 is 1.16 bits per heavy atom. The second-order valence-electron chi connectivity index (χ2n) is 5.88. The summed E-state index contributed by atoms with van der Waals surface area (Å²) in [5.74, 6) is 0. The van der Waals surface area contributed by atoms with Gasteiger partial charge in [0.15, 0.2) is 0 Å².